The Morgan fingerprint density at radius 3 is 2.18 bits per heavy atom. The molecule has 2 aromatic carbocycles. The summed E-state index contributed by atoms with van der Waals surface area (Å²) in [7, 11) is 4.41. The highest BCUT2D eigenvalue weighted by Gasteiger charge is 2.48. The highest BCUT2D eigenvalue weighted by Crippen LogP contribution is 2.47. The van der Waals surface area contributed by atoms with E-state index in [0.29, 0.717) is 28.4 Å². The summed E-state index contributed by atoms with van der Waals surface area (Å²) in [5, 5.41) is 19.2. The number of amides is 1. The number of Topliss-reactive ketones (excluding diaryl/α,β-unsaturated/α-hetero) is 1. The lowest BCUT2D eigenvalue weighted by atomic mass is 9.94. The number of anilines is 1. The Bertz CT molecular complexity index is 1210. The van der Waals surface area contributed by atoms with Gasteiger partial charge in [-0.05, 0) is 24.6 Å². The Balaban J connectivity index is 1.99. The van der Waals surface area contributed by atoms with Crippen molar-refractivity contribution < 1.29 is 28.9 Å². The molecule has 9 nitrogen and oxygen atoms in total. The van der Waals surface area contributed by atoms with Crippen molar-refractivity contribution in [3.05, 3.63) is 64.2 Å². The van der Waals surface area contributed by atoms with Gasteiger partial charge in [-0.2, -0.15) is 0 Å². The molecule has 1 aliphatic rings. The molecule has 3 aromatic rings. The normalized spacial score (nSPS) is 17.3. The van der Waals surface area contributed by atoms with Gasteiger partial charge in [-0.15, -0.1) is 10.2 Å². The molecular weight excluding hydrogens is 446 g/mol. The van der Waals surface area contributed by atoms with Crippen LogP contribution in [0.15, 0.2) is 47.5 Å². The topological polar surface area (TPSA) is 111 Å². The van der Waals surface area contributed by atoms with Gasteiger partial charge in [0.15, 0.2) is 11.5 Å². The van der Waals surface area contributed by atoms with Gasteiger partial charge in [0.2, 0.25) is 10.9 Å². The van der Waals surface area contributed by atoms with Gasteiger partial charge < -0.3 is 19.3 Å². The fourth-order valence-electron chi connectivity index (χ4n) is 3.74. The molecule has 0 aliphatic carbocycles. The second kappa shape index (κ2) is 8.91. The van der Waals surface area contributed by atoms with E-state index in [1.54, 1.807) is 24.3 Å². The summed E-state index contributed by atoms with van der Waals surface area (Å²) in [5.41, 5.74) is 3.25. The number of hydrogen-bond donors (Lipinski definition) is 1. The number of carbonyl (C=O) groups excluding carboxylic acids is 2. The number of nitrogens with zero attached hydrogens (tertiary/aromatic N) is 3. The first-order valence-electron chi connectivity index (χ1n) is 9.85. The smallest absolute Gasteiger partial charge is 0.301 e. The van der Waals surface area contributed by atoms with Gasteiger partial charge in [0.1, 0.15) is 11.3 Å². The van der Waals surface area contributed by atoms with Crippen molar-refractivity contribution in [2.75, 3.05) is 26.2 Å². The van der Waals surface area contributed by atoms with E-state index < -0.39 is 17.7 Å². The molecule has 0 saturated carbocycles. The summed E-state index contributed by atoms with van der Waals surface area (Å²) >= 11 is 1.10. The number of aliphatic hydroxyl groups excluding tert-OH is 1. The van der Waals surface area contributed by atoms with E-state index >= 15 is 0 Å². The third kappa shape index (κ3) is 3.78. The van der Waals surface area contributed by atoms with Gasteiger partial charge >= 0.3 is 5.91 Å². The molecule has 1 unspecified atom stereocenters. The van der Waals surface area contributed by atoms with Crippen molar-refractivity contribution in [1.82, 2.24) is 10.2 Å². The average molecular weight is 468 g/mol. The molecule has 10 heteroatoms. The average Bonchev–Trinajstić information content (AvgIpc) is 3.44. The van der Waals surface area contributed by atoms with E-state index in [-0.39, 0.29) is 16.5 Å². The summed E-state index contributed by atoms with van der Waals surface area (Å²) in [4.78, 5) is 27.5. The maximum atomic E-state index is 13.2. The molecule has 1 atom stereocenters. The molecule has 0 bridgehead atoms. The van der Waals surface area contributed by atoms with Crippen LogP contribution in [-0.2, 0) is 9.59 Å². The summed E-state index contributed by atoms with van der Waals surface area (Å²) in [6.45, 7) is 1.91. The predicted molar refractivity (Wildman–Crippen MR) is 122 cm³/mol. The largest absolute Gasteiger partial charge is 0.507 e. The molecule has 1 amide bonds. The van der Waals surface area contributed by atoms with E-state index in [0.717, 1.165) is 16.9 Å². The Morgan fingerprint density at radius 2 is 1.67 bits per heavy atom. The Kier molecular flexibility index (Phi) is 6.01. The maximum absolute atomic E-state index is 13.2. The zero-order valence-corrected chi connectivity index (χ0v) is 19.2. The van der Waals surface area contributed by atoms with Crippen LogP contribution < -0.4 is 19.1 Å². The monoisotopic (exact) mass is 467 g/mol. The molecule has 0 radical (unpaired) electrons. The van der Waals surface area contributed by atoms with Gasteiger partial charge in [-0.3, -0.25) is 14.5 Å². The van der Waals surface area contributed by atoms with E-state index in [4.69, 9.17) is 14.2 Å². The number of benzene rings is 2. The molecule has 1 aliphatic heterocycles. The number of ether oxygens (including phenoxy) is 3. The Hall–Kier alpha value is -3.92. The second-order valence-corrected chi connectivity index (χ2v) is 8.03. The zero-order chi connectivity index (χ0) is 23.7. The first kappa shape index (κ1) is 22.3. The molecular formula is C23H21N3O6S. The highest BCUT2D eigenvalue weighted by atomic mass is 32.1. The number of methoxy groups -OCH3 is 3. The SMILES string of the molecule is COc1cc(C2/C(=C(\O)c3ccc(C)cc3)C(=O)C(=O)N2c2nncs2)cc(OC)c1OC. The lowest BCUT2D eigenvalue weighted by molar-refractivity contribution is -0.132. The van der Waals surface area contributed by atoms with Crippen molar-refractivity contribution in [2.45, 2.75) is 13.0 Å². The molecule has 0 spiro atoms. The number of rotatable bonds is 6. The second-order valence-electron chi connectivity index (χ2n) is 7.22. The van der Waals surface area contributed by atoms with Gasteiger partial charge in [-0.25, -0.2) is 0 Å². The van der Waals surface area contributed by atoms with Crippen LogP contribution in [0.1, 0.15) is 22.7 Å². The van der Waals surface area contributed by atoms with Crippen molar-refractivity contribution in [1.29, 1.82) is 0 Å². The molecule has 1 saturated heterocycles. The first-order valence-corrected chi connectivity index (χ1v) is 10.7. The minimum Gasteiger partial charge on any atom is -0.507 e. The minimum atomic E-state index is -0.993. The van der Waals surface area contributed by atoms with E-state index in [1.807, 2.05) is 19.1 Å². The van der Waals surface area contributed by atoms with Crippen LogP contribution in [0, 0.1) is 6.92 Å². The van der Waals surface area contributed by atoms with Crippen LogP contribution in [0.5, 0.6) is 17.2 Å². The van der Waals surface area contributed by atoms with Gasteiger partial charge in [0, 0.05) is 5.56 Å². The van der Waals surface area contributed by atoms with Crippen molar-refractivity contribution >= 4 is 33.9 Å². The first-order chi connectivity index (χ1) is 15.9. The molecule has 170 valence electrons. The highest BCUT2D eigenvalue weighted by molar-refractivity contribution is 7.13. The Morgan fingerprint density at radius 1 is 1.03 bits per heavy atom. The fourth-order valence-corrected chi connectivity index (χ4v) is 4.33. The van der Waals surface area contributed by atoms with E-state index in [1.165, 1.54) is 31.7 Å². The van der Waals surface area contributed by atoms with Crippen LogP contribution in [-0.4, -0.2) is 48.3 Å². The summed E-state index contributed by atoms with van der Waals surface area (Å²) < 4.78 is 16.3. The standard InChI is InChI=1S/C23H21N3O6S/c1-12-5-7-13(8-6-12)19(27)17-18(26(22(29)20(17)28)23-25-24-11-33-23)14-9-15(30-2)21(32-4)16(10-14)31-3/h5-11,18,27H,1-4H3/b19-17+. The number of aryl methyl sites for hydroxylation is 1. The van der Waals surface area contributed by atoms with Crippen LogP contribution in [0.3, 0.4) is 0 Å². The van der Waals surface area contributed by atoms with Gasteiger partial charge in [0.05, 0.1) is 32.9 Å². The lowest BCUT2D eigenvalue weighted by Crippen LogP contribution is -2.29. The van der Waals surface area contributed by atoms with Crippen molar-refractivity contribution in [3.63, 3.8) is 0 Å². The summed E-state index contributed by atoms with van der Waals surface area (Å²) in [6.07, 6.45) is 0. The van der Waals surface area contributed by atoms with Gasteiger partial charge in [-0.1, -0.05) is 41.2 Å². The quantitative estimate of drug-likeness (QED) is 0.333. The predicted octanol–water partition coefficient (Wildman–Crippen LogP) is 3.50. The van der Waals surface area contributed by atoms with E-state index in [2.05, 4.69) is 10.2 Å². The molecule has 1 fully saturated rings. The van der Waals surface area contributed by atoms with Crippen LogP contribution in [0.4, 0.5) is 5.13 Å². The van der Waals surface area contributed by atoms with Crippen LogP contribution in [0.25, 0.3) is 5.76 Å². The Labute approximate surface area is 193 Å². The number of ketones is 1. The lowest BCUT2D eigenvalue weighted by Gasteiger charge is -2.24. The zero-order valence-electron chi connectivity index (χ0n) is 18.4. The maximum Gasteiger partial charge on any atom is 0.301 e. The number of carbonyl (C=O) groups is 2. The number of hydrogen-bond acceptors (Lipinski definition) is 9. The summed E-state index contributed by atoms with van der Waals surface area (Å²) in [5.74, 6) is -0.912. The minimum absolute atomic E-state index is 0.0756. The third-order valence-electron chi connectivity index (χ3n) is 5.33. The third-order valence-corrected chi connectivity index (χ3v) is 6.02. The van der Waals surface area contributed by atoms with Crippen LogP contribution in [0.2, 0.25) is 0 Å². The van der Waals surface area contributed by atoms with Crippen molar-refractivity contribution in [2.24, 2.45) is 0 Å². The van der Waals surface area contributed by atoms with Gasteiger partial charge in [0.25, 0.3) is 5.78 Å². The molecule has 1 aromatic heterocycles. The summed E-state index contributed by atoms with van der Waals surface area (Å²) in [6, 6.07) is 9.27. The van der Waals surface area contributed by atoms with Crippen molar-refractivity contribution in [3.8, 4) is 17.2 Å². The fraction of sp³-hybridized carbons (Fsp3) is 0.217. The number of aliphatic hydroxyl groups is 1. The number of aromatic nitrogens is 2. The van der Waals surface area contributed by atoms with E-state index in [9.17, 15) is 14.7 Å². The molecule has 33 heavy (non-hydrogen) atoms. The van der Waals surface area contributed by atoms with Crippen LogP contribution >= 0.6 is 11.3 Å². The molecule has 2 heterocycles. The molecule has 4 rings (SSSR count). The molecule has 1 N–H and O–H groups in total.